The molecule has 4 nitrogen and oxygen atoms in total. The Morgan fingerprint density at radius 2 is 1.64 bits per heavy atom. The van der Waals surface area contributed by atoms with Crippen LogP contribution in [0.25, 0.3) is 0 Å². The molecular weight excluding hydrogens is 278 g/mol. The van der Waals surface area contributed by atoms with Crippen molar-refractivity contribution in [3.8, 4) is 5.75 Å². The Balaban J connectivity index is 0.00000116. The summed E-state index contributed by atoms with van der Waals surface area (Å²) in [6.45, 7) is 6.09. The molecule has 1 aromatic heterocycles. The van der Waals surface area contributed by atoms with Crippen molar-refractivity contribution in [1.29, 1.82) is 0 Å². The van der Waals surface area contributed by atoms with Gasteiger partial charge in [-0.2, -0.15) is 0 Å². The molecule has 0 saturated heterocycles. The zero-order valence-corrected chi connectivity index (χ0v) is 13.7. The van der Waals surface area contributed by atoms with Crippen LogP contribution in [0.3, 0.4) is 0 Å². The van der Waals surface area contributed by atoms with E-state index in [4.69, 9.17) is 14.0 Å². The Kier molecular flexibility index (Phi) is 10.7. The van der Waals surface area contributed by atoms with E-state index in [1.165, 1.54) is 6.42 Å². The van der Waals surface area contributed by atoms with E-state index in [-0.39, 0.29) is 0 Å². The van der Waals surface area contributed by atoms with E-state index in [0.717, 1.165) is 43.9 Å². The predicted molar refractivity (Wildman–Crippen MR) is 87.9 cm³/mol. The number of benzene rings is 1. The van der Waals surface area contributed by atoms with E-state index in [0.29, 0.717) is 6.61 Å². The maximum absolute atomic E-state index is 5.63. The van der Waals surface area contributed by atoms with Crippen molar-refractivity contribution in [2.75, 3.05) is 13.2 Å². The Bertz CT molecular complexity index is 443. The molecule has 122 valence electrons. The van der Waals surface area contributed by atoms with Crippen LogP contribution >= 0.6 is 0 Å². The van der Waals surface area contributed by atoms with E-state index in [9.17, 15) is 0 Å². The number of para-hydroxylation sites is 1. The minimum Gasteiger partial charge on any atom is -0.494 e. The molecule has 0 aliphatic heterocycles. The molecule has 2 aromatic rings. The summed E-state index contributed by atoms with van der Waals surface area (Å²) in [6, 6.07) is 11.8. The topological polar surface area (TPSA) is 44.5 Å². The minimum absolute atomic E-state index is 0.535. The van der Waals surface area contributed by atoms with Gasteiger partial charge in [-0.1, -0.05) is 43.6 Å². The highest BCUT2D eigenvalue weighted by atomic mass is 16.5. The van der Waals surface area contributed by atoms with Crippen LogP contribution in [-0.2, 0) is 11.3 Å². The van der Waals surface area contributed by atoms with Gasteiger partial charge >= 0.3 is 0 Å². The molecule has 2 rings (SSSR count). The molecule has 0 spiro atoms. The summed E-state index contributed by atoms with van der Waals surface area (Å²) in [6.07, 6.45) is 6.05. The summed E-state index contributed by atoms with van der Waals surface area (Å²) in [4.78, 5) is 0. The molecule has 0 aliphatic rings. The van der Waals surface area contributed by atoms with Gasteiger partial charge in [-0.3, -0.25) is 0 Å². The summed E-state index contributed by atoms with van der Waals surface area (Å²) in [7, 11) is 0. The van der Waals surface area contributed by atoms with Gasteiger partial charge in [0.25, 0.3) is 0 Å². The monoisotopic (exact) mass is 305 g/mol. The molecule has 0 saturated carbocycles. The molecule has 0 fully saturated rings. The summed E-state index contributed by atoms with van der Waals surface area (Å²) in [5, 5.41) is 3.79. The third-order valence-corrected chi connectivity index (χ3v) is 2.94. The second-order valence-corrected chi connectivity index (χ2v) is 4.62. The second-order valence-electron chi connectivity index (χ2n) is 4.62. The van der Waals surface area contributed by atoms with Gasteiger partial charge in [0.05, 0.1) is 13.2 Å². The second kappa shape index (κ2) is 12.9. The number of unbranched alkanes of at least 4 members (excludes halogenated alkanes) is 3. The number of hydrogen-bond donors (Lipinski definition) is 0. The lowest BCUT2D eigenvalue weighted by atomic mass is 10.2. The van der Waals surface area contributed by atoms with E-state index >= 15 is 0 Å². The smallest absolute Gasteiger partial charge is 0.124 e. The number of rotatable bonds is 10. The third-order valence-electron chi connectivity index (χ3n) is 2.94. The Morgan fingerprint density at radius 1 is 0.909 bits per heavy atom. The Morgan fingerprint density at radius 3 is 2.32 bits per heavy atom. The van der Waals surface area contributed by atoms with Crippen molar-refractivity contribution in [3.63, 3.8) is 0 Å². The molecule has 0 unspecified atom stereocenters. The first-order valence-electron chi connectivity index (χ1n) is 8.10. The highest BCUT2D eigenvalue weighted by Crippen LogP contribution is 2.09. The average molecular weight is 305 g/mol. The standard InChI is InChI=1S/C16H21NO3.C2H6/c1(6-11-18-14-15-10-13-20-17-15)2-7-12-19-16-8-4-3-5-9-16;1-2/h3-5,8-10,13H,1-2,6-7,11-12,14H2;1-2H3. The number of nitrogens with zero attached hydrogens (tertiary/aromatic N) is 1. The molecule has 0 N–H and O–H groups in total. The van der Waals surface area contributed by atoms with Gasteiger partial charge in [0.1, 0.15) is 17.7 Å². The van der Waals surface area contributed by atoms with Crippen LogP contribution in [0.15, 0.2) is 47.2 Å². The first-order valence-corrected chi connectivity index (χ1v) is 8.10. The van der Waals surface area contributed by atoms with Crippen LogP contribution in [0.4, 0.5) is 0 Å². The molecule has 0 radical (unpaired) electrons. The van der Waals surface area contributed by atoms with Gasteiger partial charge in [0.15, 0.2) is 0 Å². The molecule has 22 heavy (non-hydrogen) atoms. The SMILES string of the molecule is CC.c1ccc(OCCCCCCOCc2ccon2)cc1. The van der Waals surface area contributed by atoms with Gasteiger partial charge in [-0.05, 0) is 31.4 Å². The molecule has 1 aromatic carbocycles. The maximum Gasteiger partial charge on any atom is 0.124 e. The van der Waals surface area contributed by atoms with Gasteiger partial charge in [-0.15, -0.1) is 0 Å². The zero-order valence-electron chi connectivity index (χ0n) is 13.7. The van der Waals surface area contributed by atoms with Crippen molar-refractivity contribution >= 4 is 0 Å². The minimum atomic E-state index is 0.535. The first-order chi connectivity index (χ1) is 10.9. The number of hydrogen-bond acceptors (Lipinski definition) is 4. The first kappa shape index (κ1) is 18.2. The summed E-state index contributed by atoms with van der Waals surface area (Å²) in [5.41, 5.74) is 0.848. The molecule has 0 atom stereocenters. The summed E-state index contributed by atoms with van der Waals surface area (Å²) >= 11 is 0. The van der Waals surface area contributed by atoms with Crippen molar-refractivity contribution in [1.82, 2.24) is 5.16 Å². The van der Waals surface area contributed by atoms with Crippen LogP contribution < -0.4 is 4.74 Å². The van der Waals surface area contributed by atoms with Crippen molar-refractivity contribution < 1.29 is 14.0 Å². The highest BCUT2D eigenvalue weighted by molar-refractivity contribution is 5.20. The lowest BCUT2D eigenvalue weighted by Gasteiger charge is -2.05. The quantitative estimate of drug-likeness (QED) is 0.588. The van der Waals surface area contributed by atoms with Crippen molar-refractivity contribution in [2.45, 2.75) is 46.1 Å². The fourth-order valence-electron chi connectivity index (χ4n) is 1.86. The molecule has 1 heterocycles. The van der Waals surface area contributed by atoms with E-state index in [1.54, 1.807) is 6.26 Å². The van der Waals surface area contributed by atoms with Crippen LogP contribution in [-0.4, -0.2) is 18.4 Å². The summed E-state index contributed by atoms with van der Waals surface area (Å²) < 4.78 is 15.9. The summed E-state index contributed by atoms with van der Waals surface area (Å²) in [5.74, 6) is 0.948. The van der Waals surface area contributed by atoms with Crippen LogP contribution in [0.1, 0.15) is 45.2 Å². The molecule has 0 aliphatic carbocycles. The maximum atomic E-state index is 5.63. The van der Waals surface area contributed by atoms with E-state index in [1.807, 2.05) is 50.2 Å². The normalized spacial score (nSPS) is 9.91. The van der Waals surface area contributed by atoms with Gasteiger partial charge in [0.2, 0.25) is 0 Å². The van der Waals surface area contributed by atoms with Crippen molar-refractivity contribution in [3.05, 3.63) is 48.4 Å². The molecular formula is C18H27NO3. The van der Waals surface area contributed by atoms with E-state index < -0.39 is 0 Å². The van der Waals surface area contributed by atoms with Crippen LogP contribution in [0.5, 0.6) is 5.75 Å². The fourth-order valence-corrected chi connectivity index (χ4v) is 1.86. The van der Waals surface area contributed by atoms with E-state index in [2.05, 4.69) is 5.16 Å². The van der Waals surface area contributed by atoms with Gasteiger partial charge in [-0.25, -0.2) is 0 Å². The molecule has 0 bridgehead atoms. The Labute approximate surface area is 133 Å². The third kappa shape index (κ3) is 8.47. The average Bonchev–Trinajstić information content (AvgIpc) is 3.09. The van der Waals surface area contributed by atoms with Gasteiger partial charge < -0.3 is 14.0 Å². The zero-order chi connectivity index (χ0) is 15.9. The van der Waals surface area contributed by atoms with Gasteiger partial charge in [0, 0.05) is 12.7 Å². The molecule has 0 amide bonds. The Hall–Kier alpha value is -1.81. The van der Waals surface area contributed by atoms with Crippen molar-refractivity contribution in [2.24, 2.45) is 0 Å². The van der Waals surface area contributed by atoms with Crippen LogP contribution in [0, 0.1) is 0 Å². The number of aromatic nitrogens is 1. The predicted octanol–water partition coefficient (Wildman–Crippen LogP) is 4.86. The largest absolute Gasteiger partial charge is 0.494 e. The highest BCUT2D eigenvalue weighted by Gasteiger charge is 1.97. The number of ether oxygens (including phenoxy) is 2. The van der Waals surface area contributed by atoms with Crippen LogP contribution in [0.2, 0.25) is 0 Å². The molecule has 4 heteroatoms. The lowest BCUT2D eigenvalue weighted by Crippen LogP contribution is -1.98. The fraction of sp³-hybridized carbons (Fsp3) is 0.500. The lowest BCUT2D eigenvalue weighted by molar-refractivity contribution is 0.111.